The zero-order valence-electron chi connectivity index (χ0n) is 12.6. The average Bonchev–Trinajstić information content (AvgIpc) is 2.90. The highest BCUT2D eigenvalue weighted by Gasteiger charge is 2.24. The number of Topliss-reactive ketones (excluding diaryl/α,β-unsaturated/α-hetero) is 1. The number of hydrogen-bond acceptors (Lipinski definition) is 3. The molecule has 0 fully saturated rings. The first-order valence-electron chi connectivity index (χ1n) is 7.34. The molecule has 0 aliphatic rings. The molecule has 116 valence electrons. The van der Waals surface area contributed by atoms with E-state index in [2.05, 4.69) is 10.3 Å². The first-order chi connectivity index (χ1) is 11.1. The van der Waals surface area contributed by atoms with Gasteiger partial charge < -0.3 is 15.4 Å². The number of aryl methyl sites for hydroxylation is 1. The van der Waals surface area contributed by atoms with Crippen LogP contribution in [0.15, 0.2) is 48.5 Å². The molecule has 0 saturated heterocycles. The van der Waals surface area contributed by atoms with Gasteiger partial charge in [0.25, 0.3) is 11.7 Å². The molecule has 1 heterocycles. The minimum atomic E-state index is -0.779. The largest absolute Gasteiger partial charge is 0.494 e. The third-order valence-electron chi connectivity index (χ3n) is 3.71. The number of para-hydroxylation sites is 1. The standard InChI is InChI=1S/C18H16N2O3/c1-2-11-6-5-7-12(10-11)19-18(23)16(21)15-13-8-3-4-9-14(13)20-17(15)22/h3-10,20,22H,2H2,1H3,(H,19,23). The van der Waals surface area contributed by atoms with Gasteiger partial charge in [0.1, 0.15) is 0 Å². The maximum atomic E-state index is 12.4. The molecule has 1 aromatic heterocycles. The number of anilines is 1. The van der Waals surface area contributed by atoms with Crippen molar-refractivity contribution in [3.63, 3.8) is 0 Å². The molecule has 0 saturated carbocycles. The van der Waals surface area contributed by atoms with Crippen LogP contribution in [0.1, 0.15) is 22.8 Å². The van der Waals surface area contributed by atoms with Gasteiger partial charge in [0.2, 0.25) is 5.88 Å². The third-order valence-corrected chi connectivity index (χ3v) is 3.71. The van der Waals surface area contributed by atoms with E-state index in [1.54, 1.807) is 30.3 Å². The van der Waals surface area contributed by atoms with Crippen LogP contribution in [0, 0.1) is 0 Å². The van der Waals surface area contributed by atoms with Crippen LogP contribution in [0.2, 0.25) is 0 Å². The molecule has 5 nitrogen and oxygen atoms in total. The van der Waals surface area contributed by atoms with E-state index in [1.807, 2.05) is 25.1 Å². The number of rotatable bonds is 4. The van der Waals surface area contributed by atoms with E-state index < -0.39 is 11.7 Å². The highest BCUT2D eigenvalue weighted by Crippen LogP contribution is 2.27. The summed E-state index contributed by atoms with van der Waals surface area (Å²) < 4.78 is 0. The maximum absolute atomic E-state index is 12.4. The fourth-order valence-electron chi connectivity index (χ4n) is 2.53. The number of benzene rings is 2. The van der Waals surface area contributed by atoms with Gasteiger partial charge in [-0.25, -0.2) is 0 Å². The van der Waals surface area contributed by atoms with E-state index in [0.717, 1.165) is 12.0 Å². The lowest BCUT2D eigenvalue weighted by Gasteiger charge is -2.06. The van der Waals surface area contributed by atoms with Crippen LogP contribution in [0.5, 0.6) is 5.88 Å². The topological polar surface area (TPSA) is 82.2 Å². The molecular weight excluding hydrogens is 292 g/mol. The van der Waals surface area contributed by atoms with Crippen molar-refractivity contribution >= 4 is 28.3 Å². The molecule has 0 aliphatic carbocycles. The second kappa shape index (κ2) is 5.96. The summed E-state index contributed by atoms with van der Waals surface area (Å²) in [6, 6.07) is 14.3. The lowest BCUT2D eigenvalue weighted by molar-refractivity contribution is -0.112. The fraction of sp³-hybridized carbons (Fsp3) is 0.111. The van der Waals surface area contributed by atoms with Crippen LogP contribution in [0.3, 0.4) is 0 Å². The third kappa shape index (κ3) is 2.81. The van der Waals surface area contributed by atoms with Crippen LogP contribution in [0.4, 0.5) is 5.69 Å². The Hall–Kier alpha value is -3.08. The van der Waals surface area contributed by atoms with E-state index >= 15 is 0 Å². The summed E-state index contributed by atoms with van der Waals surface area (Å²) in [7, 11) is 0. The number of aromatic amines is 1. The molecule has 3 N–H and O–H groups in total. The van der Waals surface area contributed by atoms with Crippen molar-refractivity contribution in [3.8, 4) is 5.88 Å². The van der Waals surface area contributed by atoms with Crippen molar-refractivity contribution in [1.82, 2.24) is 4.98 Å². The van der Waals surface area contributed by atoms with Crippen molar-refractivity contribution in [2.45, 2.75) is 13.3 Å². The monoisotopic (exact) mass is 308 g/mol. The van der Waals surface area contributed by atoms with E-state index in [1.165, 1.54) is 0 Å². The Balaban J connectivity index is 1.89. The molecular formula is C18H16N2O3. The number of carbonyl (C=O) groups excluding carboxylic acids is 2. The summed E-state index contributed by atoms with van der Waals surface area (Å²) in [5, 5.41) is 13.0. The van der Waals surface area contributed by atoms with Gasteiger partial charge in [-0.05, 0) is 30.2 Å². The highest BCUT2D eigenvalue weighted by molar-refractivity contribution is 6.49. The molecule has 5 heteroatoms. The Labute approximate surface area is 133 Å². The number of aromatic nitrogens is 1. The summed E-state index contributed by atoms with van der Waals surface area (Å²) in [5.74, 6) is -1.85. The van der Waals surface area contributed by atoms with E-state index in [4.69, 9.17) is 0 Å². The summed E-state index contributed by atoms with van der Waals surface area (Å²) in [6.45, 7) is 2.01. The minimum absolute atomic E-state index is 0.00949. The van der Waals surface area contributed by atoms with Gasteiger partial charge in [-0.1, -0.05) is 37.3 Å². The van der Waals surface area contributed by atoms with Crippen molar-refractivity contribution in [3.05, 3.63) is 59.7 Å². The van der Waals surface area contributed by atoms with Gasteiger partial charge in [-0.15, -0.1) is 0 Å². The first-order valence-corrected chi connectivity index (χ1v) is 7.34. The van der Waals surface area contributed by atoms with Gasteiger partial charge in [-0.2, -0.15) is 0 Å². The van der Waals surface area contributed by atoms with E-state index in [9.17, 15) is 14.7 Å². The van der Waals surface area contributed by atoms with E-state index in [-0.39, 0.29) is 11.4 Å². The van der Waals surface area contributed by atoms with Crippen molar-refractivity contribution in [2.24, 2.45) is 0 Å². The number of aromatic hydroxyl groups is 1. The van der Waals surface area contributed by atoms with Crippen LogP contribution in [0.25, 0.3) is 10.9 Å². The number of amides is 1. The molecule has 0 unspecified atom stereocenters. The lowest BCUT2D eigenvalue weighted by Crippen LogP contribution is -2.22. The van der Waals surface area contributed by atoms with Crippen molar-refractivity contribution in [1.29, 1.82) is 0 Å². The fourth-order valence-corrected chi connectivity index (χ4v) is 2.53. The maximum Gasteiger partial charge on any atom is 0.297 e. The van der Waals surface area contributed by atoms with Crippen LogP contribution in [-0.2, 0) is 11.2 Å². The molecule has 23 heavy (non-hydrogen) atoms. The number of hydrogen-bond donors (Lipinski definition) is 3. The summed E-state index contributed by atoms with van der Waals surface area (Å²) >= 11 is 0. The van der Waals surface area contributed by atoms with Crippen LogP contribution >= 0.6 is 0 Å². The Morgan fingerprint density at radius 3 is 2.70 bits per heavy atom. The van der Waals surface area contributed by atoms with Crippen LogP contribution < -0.4 is 5.32 Å². The molecule has 0 atom stereocenters. The lowest BCUT2D eigenvalue weighted by atomic mass is 10.1. The SMILES string of the molecule is CCc1cccc(NC(=O)C(=O)c2c(O)[nH]c3ccccc23)c1. The second-order valence-electron chi connectivity index (χ2n) is 5.23. The minimum Gasteiger partial charge on any atom is -0.494 e. The van der Waals surface area contributed by atoms with Gasteiger partial charge in [-0.3, -0.25) is 9.59 Å². The molecule has 3 aromatic rings. The zero-order chi connectivity index (χ0) is 16.4. The van der Waals surface area contributed by atoms with Crippen molar-refractivity contribution < 1.29 is 14.7 Å². The molecule has 0 aliphatic heterocycles. The van der Waals surface area contributed by atoms with Gasteiger partial charge in [0, 0.05) is 16.6 Å². The summed E-state index contributed by atoms with van der Waals surface area (Å²) in [5.41, 5.74) is 2.21. The van der Waals surface area contributed by atoms with Gasteiger partial charge in [0.05, 0.1) is 5.56 Å². The predicted molar refractivity (Wildman–Crippen MR) is 88.7 cm³/mol. The average molecular weight is 308 g/mol. The Kier molecular flexibility index (Phi) is 3.85. The Morgan fingerprint density at radius 1 is 1.13 bits per heavy atom. The second-order valence-corrected chi connectivity index (χ2v) is 5.23. The first kappa shape index (κ1) is 14.8. The van der Waals surface area contributed by atoms with E-state index in [0.29, 0.717) is 16.6 Å². The van der Waals surface area contributed by atoms with Gasteiger partial charge >= 0.3 is 0 Å². The number of H-pyrrole nitrogens is 1. The van der Waals surface area contributed by atoms with Gasteiger partial charge in [0.15, 0.2) is 0 Å². The van der Waals surface area contributed by atoms with Crippen molar-refractivity contribution in [2.75, 3.05) is 5.32 Å². The number of nitrogens with one attached hydrogen (secondary N) is 2. The quantitative estimate of drug-likeness (QED) is 0.511. The molecule has 3 rings (SSSR count). The molecule has 1 amide bonds. The Morgan fingerprint density at radius 2 is 1.91 bits per heavy atom. The number of fused-ring (bicyclic) bond motifs is 1. The number of carbonyl (C=O) groups is 2. The van der Waals surface area contributed by atoms with Crippen LogP contribution in [-0.4, -0.2) is 21.8 Å². The highest BCUT2D eigenvalue weighted by atomic mass is 16.3. The summed E-state index contributed by atoms with van der Waals surface area (Å²) in [6.07, 6.45) is 0.834. The smallest absolute Gasteiger partial charge is 0.297 e. The molecule has 0 bridgehead atoms. The summed E-state index contributed by atoms with van der Waals surface area (Å²) in [4.78, 5) is 27.3. The molecule has 0 spiro atoms. The molecule has 2 aromatic carbocycles. The number of ketones is 1. The zero-order valence-corrected chi connectivity index (χ0v) is 12.6. The predicted octanol–water partition coefficient (Wildman–Crippen LogP) is 3.26. The molecule has 0 radical (unpaired) electrons. The Bertz CT molecular complexity index is 896. The normalized spacial score (nSPS) is 10.7.